The Morgan fingerprint density at radius 3 is 2.38 bits per heavy atom. The number of aromatic nitrogens is 2. The molecule has 4 heterocycles. The van der Waals surface area contributed by atoms with Crippen LogP contribution in [0.4, 0.5) is 13.2 Å². The van der Waals surface area contributed by atoms with E-state index < -0.39 is 21.8 Å². The molecule has 2 fully saturated rings. The van der Waals surface area contributed by atoms with Crippen LogP contribution >= 0.6 is 0 Å². The molecule has 0 atom stereocenters. The van der Waals surface area contributed by atoms with Crippen molar-refractivity contribution in [3.63, 3.8) is 0 Å². The predicted molar refractivity (Wildman–Crippen MR) is 173 cm³/mol. The van der Waals surface area contributed by atoms with Gasteiger partial charge in [0, 0.05) is 87.9 Å². The molecule has 2 amide bonds. The van der Waals surface area contributed by atoms with Crippen molar-refractivity contribution >= 4 is 21.8 Å². The molecular formula is C33H47F3N6O4S. The Kier molecular flexibility index (Phi) is 10.4. The minimum Gasteiger partial charge on any atom is -0.352 e. The molecule has 1 N–H and O–H groups in total. The van der Waals surface area contributed by atoms with Gasteiger partial charge < -0.3 is 15.1 Å². The van der Waals surface area contributed by atoms with E-state index in [9.17, 15) is 31.2 Å². The normalized spacial score (nSPS) is 19.0. The van der Waals surface area contributed by atoms with Gasteiger partial charge in [0.15, 0.2) is 0 Å². The van der Waals surface area contributed by atoms with Crippen molar-refractivity contribution in [2.45, 2.75) is 97.6 Å². The molecule has 3 aliphatic heterocycles. The number of halogens is 3. The largest absolute Gasteiger partial charge is 0.416 e. The Labute approximate surface area is 275 Å². The van der Waals surface area contributed by atoms with E-state index in [-0.39, 0.29) is 42.3 Å². The monoisotopic (exact) mass is 680 g/mol. The van der Waals surface area contributed by atoms with E-state index in [0.717, 1.165) is 69.9 Å². The predicted octanol–water partition coefficient (Wildman–Crippen LogP) is 4.42. The highest BCUT2D eigenvalue weighted by molar-refractivity contribution is 7.88. The number of hydrogen-bond donors (Lipinski definition) is 1. The van der Waals surface area contributed by atoms with Gasteiger partial charge in [-0.25, -0.2) is 8.42 Å². The van der Waals surface area contributed by atoms with E-state index in [1.807, 2.05) is 30.4 Å². The lowest BCUT2D eigenvalue weighted by Gasteiger charge is -2.36. The summed E-state index contributed by atoms with van der Waals surface area (Å²) in [4.78, 5) is 29.1. The van der Waals surface area contributed by atoms with Crippen LogP contribution in [0.1, 0.15) is 81.7 Å². The molecule has 0 spiro atoms. The minimum absolute atomic E-state index is 0.0737. The maximum atomic E-state index is 14.0. The third kappa shape index (κ3) is 8.74. The third-order valence-corrected chi connectivity index (χ3v) is 10.6. The maximum absolute atomic E-state index is 14.0. The number of carbonyl (C=O) groups is 2. The highest BCUT2D eigenvalue weighted by Gasteiger charge is 2.35. The van der Waals surface area contributed by atoms with E-state index in [0.29, 0.717) is 48.8 Å². The first-order valence-electron chi connectivity index (χ1n) is 16.5. The number of rotatable bonds is 10. The standard InChI is InChI=1S/C33H47F3N6O4S/c1-32(2,3)20-29(43)37-21-24-19-23(8-9-27(24)33(34,35)36)31-26-22-40(47(4,45)46)18-12-28(26)42(38-31)15-6-13-39-16-10-25(11-17-39)41-14-5-7-30(41)44/h8-9,19,25H,5-7,10-18,20-22H2,1-4H3,(H,37,43). The number of sulfonamides is 1. The van der Waals surface area contributed by atoms with E-state index in [1.165, 1.54) is 16.4 Å². The van der Waals surface area contributed by atoms with Crippen molar-refractivity contribution in [1.29, 1.82) is 0 Å². The molecule has 0 aliphatic carbocycles. The van der Waals surface area contributed by atoms with Crippen LogP contribution in [0.5, 0.6) is 0 Å². The van der Waals surface area contributed by atoms with Gasteiger partial charge >= 0.3 is 6.18 Å². The smallest absolute Gasteiger partial charge is 0.352 e. The molecular weight excluding hydrogens is 633 g/mol. The number of likely N-dealkylation sites (tertiary alicyclic amines) is 2. The summed E-state index contributed by atoms with van der Waals surface area (Å²) in [6, 6.07) is 4.13. The Morgan fingerprint density at radius 2 is 1.77 bits per heavy atom. The van der Waals surface area contributed by atoms with E-state index in [2.05, 4.69) is 10.2 Å². The van der Waals surface area contributed by atoms with Crippen LogP contribution in [-0.2, 0) is 51.8 Å². The van der Waals surface area contributed by atoms with Gasteiger partial charge in [-0.3, -0.25) is 14.3 Å². The van der Waals surface area contributed by atoms with Crippen molar-refractivity contribution in [1.82, 2.24) is 29.2 Å². The molecule has 2 saturated heterocycles. The number of aryl methyl sites for hydroxylation is 1. The lowest BCUT2D eigenvalue weighted by molar-refractivity contribution is -0.138. The van der Waals surface area contributed by atoms with Gasteiger partial charge in [0.1, 0.15) is 0 Å². The molecule has 1 aromatic carbocycles. The molecule has 0 radical (unpaired) electrons. The van der Waals surface area contributed by atoms with Crippen LogP contribution in [0, 0.1) is 5.41 Å². The average molecular weight is 681 g/mol. The van der Waals surface area contributed by atoms with E-state index in [4.69, 9.17) is 5.10 Å². The highest BCUT2D eigenvalue weighted by Crippen LogP contribution is 2.37. The van der Waals surface area contributed by atoms with Gasteiger partial charge in [-0.2, -0.15) is 22.6 Å². The molecule has 1 aromatic heterocycles. The first-order valence-corrected chi connectivity index (χ1v) is 18.4. The van der Waals surface area contributed by atoms with Crippen molar-refractivity contribution in [2.75, 3.05) is 39.0 Å². The summed E-state index contributed by atoms with van der Waals surface area (Å²) in [6.07, 6.45) is 1.47. The summed E-state index contributed by atoms with van der Waals surface area (Å²) >= 11 is 0. The van der Waals surface area contributed by atoms with Crippen LogP contribution in [0.3, 0.4) is 0 Å². The fraction of sp³-hybridized carbons (Fsp3) is 0.667. The third-order valence-electron chi connectivity index (χ3n) is 9.37. The molecule has 260 valence electrons. The van der Waals surface area contributed by atoms with Crippen molar-refractivity contribution in [3.05, 3.63) is 40.6 Å². The molecule has 0 bridgehead atoms. The second-order valence-corrected chi connectivity index (χ2v) is 16.3. The van der Waals surface area contributed by atoms with Gasteiger partial charge in [-0.1, -0.05) is 26.8 Å². The summed E-state index contributed by atoms with van der Waals surface area (Å²) in [7, 11) is -3.50. The number of benzene rings is 1. The Balaban J connectivity index is 1.35. The number of fused-ring (bicyclic) bond motifs is 1. The zero-order valence-electron chi connectivity index (χ0n) is 27.8. The maximum Gasteiger partial charge on any atom is 0.416 e. The van der Waals surface area contributed by atoms with Gasteiger partial charge in [0.05, 0.1) is 17.5 Å². The summed E-state index contributed by atoms with van der Waals surface area (Å²) in [5.74, 6) is -0.0714. The molecule has 10 nitrogen and oxygen atoms in total. The van der Waals surface area contributed by atoms with Crippen LogP contribution in [0.15, 0.2) is 18.2 Å². The molecule has 14 heteroatoms. The van der Waals surface area contributed by atoms with Gasteiger partial charge in [0.2, 0.25) is 21.8 Å². The first kappa shape index (κ1) is 35.3. The topological polar surface area (TPSA) is 108 Å². The Bertz CT molecular complexity index is 1580. The van der Waals surface area contributed by atoms with Crippen LogP contribution in [0.25, 0.3) is 11.3 Å². The number of alkyl halides is 3. The SMILES string of the molecule is CC(C)(C)CC(=O)NCc1cc(-c2nn(CCCN3CCC(N4CCCC4=O)CC3)c3c2CN(S(C)(=O)=O)CC3)ccc1C(F)(F)F. The number of carbonyl (C=O) groups excluding carboxylic acids is 2. The van der Waals surface area contributed by atoms with Gasteiger partial charge in [-0.15, -0.1) is 0 Å². The molecule has 5 rings (SSSR count). The summed E-state index contributed by atoms with van der Waals surface area (Å²) in [5, 5.41) is 7.52. The summed E-state index contributed by atoms with van der Waals surface area (Å²) < 4.78 is 70.3. The molecule has 0 unspecified atom stereocenters. The lowest BCUT2D eigenvalue weighted by Crippen LogP contribution is -2.45. The molecule has 0 saturated carbocycles. The highest BCUT2D eigenvalue weighted by atomic mass is 32.2. The molecule has 47 heavy (non-hydrogen) atoms. The van der Waals surface area contributed by atoms with E-state index in [1.54, 1.807) is 0 Å². The molecule has 3 aliphatic rings. The second-order valence-electron chi connectivity index (χ2n) is 14.3. The number of piperidine rings is 1. The fourth-order valence-electron chi connectivity index (χ4n) is 7.02. The van der Waals surface area contributed by atoms with Crippen LogP contribution < -0.4 is 5.32 Å². The van der Waals surface area contributed by atoms with Crippen molar-refractivity contribution in [3.8, 4) is 11.3 Å². The van der Waals surface area contributed by atoms with Crippen molar-refractivity contribution < 1.29 is 31.2 Å². The summed E-state index contributed by atoms with van der Waals surface area (Å²) in [6.45, 7) is 9.87. The lowest BCUT2D eigenvalue weighted by atomic mass is 9.92. The zero-order valence-corrected chi connectivity index (χ0v) is 28.6. The first-order chi connectivity index (χ1) is 22.0. The Hall–Kier alpha value is -2.97. The zero-order chi connectivity index (χ0) is 34.1. The second kappa shape index (κ2) is 13.9. The number of nitrogens with one attached hydrogen (secondary N) is 1. The minimum atomic E-state index is -4.62. The van der Waals surface area contributed by atoms with Crippen LogP contribution in [-0.4, -0.2) is 89.1 Å². The molecule has 2 aromatic rings. The van der Waals surface area contributed by atoms with Gasteiger partial charge in [0.25, 0.3) is 0 Å². The number of nitrogens with zero attached hydrogens (tertiary/aromatic N) is 5. The van der Waals surface area contributed by atoms with Crippen LogP contribution in [0.2, 0.25) is 0 Å². The average Bonchev–Trinajstić information content (AvgIpc) is 3.57. The van der Waals surface area contributed by atoms with Crippen molar-refractivity contribution in [2.24, 2.45) is 5.41 Å². The summed E-state index contributed by atoms with van der Waals surface area (Å²) in [5.41, 5.74) is 1.27. The van der Waals surface area contributed by atoms with Gasteiger partial charge in [-0.05, 0) is 55.3 Å². The quantitative estimate of drug-likeness (QED) is 0.399. The number of amides is 2. The fourth-order valence-corrected chi connectivity index (χ4v) is 7.81. The van der Waals surface area contributed by atoms with E-state index >= 15 is 0 Å². The Morgan fingerprint density at radius 1 is 1.04 bits per heavy atom. The number of hydrogen-bond acceptors (Lipinski definition) is 6.